The number of hydrogen-bond donors (Lipinski definition) is 2. The van der Waals surface area contributed by atoms with Crippen molar-refractivity contribution in [3.8, 4) is 0 Å². The predicted octanol–water partition coefficient (Wildman–Crippen LogP) is 0.668. The maximum Gasteiger partial charge on any atom is 0.328 e. The number of nitrogens with one attached hydrogen (secondary N) is 1. The normalized spacial score (nSPS) is 15.9. The summed E-state index contributed by atoms with van der Waals surface area (Å²) in [7, 11) is 0. The first-order valence-electron chi connectivity index (χ1n) is 5.52. The first-order chi connectivity index (χ1) is 8.20. The molecular weight excluding hydrogens is 220 g/mol. The molecule has 1 saturated heterocycles. The zero-order valence-corrected chi connectivity index (χ0v) is 9.35. The lowest BCUT2D eigenvalue weighted by molar-refractivity contribution is -0.120. The minimum atomic E-state index is -0.379. The van der Waals surface area contributed by atoms with Gasteiger partial charge in [0.05, 0.1) is 0 Å². The molecule has 2 rings (SSSR count). The van der Waals surface area contributed by atoms with Crippen LogP contribution in [0.4, 0.5) is 10.5 Å². The highest BCUT2D eigenvalue weighted by atomic mass is 16.3. The third kappa shape index (κ3) is 2.62. The second-order valence-corrected chi connectivity index (χ2v) is 3.90. The third-order valence-electron chi connectivity index (χ3n) is 2.70. The Morgan fingerprint density at radius 3 is 2.53 bits per heavy atom. The lowest BCUT2D eigenvalue weighted by atomic mass is 10.1. The van der Waals surface area contributed by atoms with E-state index >= 15 is 0 Å². The molecule has 1 heterocycles. The van der Waals surface area contributed by atoms with E-state index in [0.29, 0.717) is 19.4 Å². The summed E-state index contributed by atoms with van der Waals surface area (Å²) in [6, 6.07) is 7.00. The first kappa shape index (κ1) is 11.6. The zero-order chi connectivity index (χ0) is 12.3. The molecule has 17 heavy (non-hydrogen) atoms. The van der Waals surface area contributed by atoms with E-state index < -0.39 is 0 Å². The van der Waals surface area contributed by atoms with Crippen molar-refractivity contribution in [2.24, 2.45) is 0 Å². The molecular formula is C12H14N2O3. The monoisotopic (exact) mass is 234 g/mol. The van der Waals surface area contributed by atoms with E-state index in [4.69, 9.17) is 5.11 Å². The van der Waals surface area contributed by atoms with Gasteiger partial charge in [0, 0.05) is 25.3 Å². The smallest absolute Gasteiger partial charge is 0.328 e. The van der Waals surface area contributed by atoms with Gasteiger partial charge in [-0.05, 0) is 24.1 Å². The summed E-state index contributed by atoms with van der Waals surface area (Å²) in [5.74, 6) is -0.233. The van der Waals surface area contributed by atoms with Crippen molar-refractivity contribution < 1.29 is 14.7 Å². The van der Waals surface area contributed by atoms with E-state index in [-0.39, 0.29) is 18.5 Å². The molecule has 0 unspecified atom stereocenters. The average molecular weight is 234 g/mol. The maximum atomic E-state index is 11.6. The van der Waals surface area contributed by atoms with Gasteiger partial charge in [0.25, 0.3) is 0 Å². The number of urea groups is 1. The lowest BCUT2D eigenvalue weighted by Gasteiger charge is -2.26. The Kier molecular flexibility index (Phi) is 3.39. The van der Waals surface area contributed by atoms with E-state index in [0.717, 1.165) is 11.3 Å². The van der Waals surface area contributed by atoms with E-state index in [1.165, 1.54) is 4.90 Å². The second-order valence-electron chi connectivity index (χ2n) is 3.90. The fourth-order valence-corrected chi connectivity index (χ4v) is 1.78. The first-order valence-corrected chi connectivity index (χ1v) is 5.52. The van der Waals surface area contributed by atoms with Crippen molar-refractivity contribution in [1.29, 1.82) is 0 Å². The molecule has 0 aliphatic carbocycles. The van der Waals surface area contributed by atoms with Crippen LogP contribution < -0.4 is 10.2 Å². The van der Waals surface area contributed by atoms with Gasteiger partial charge in [0.2, 0.25) is 5.91 Å². The highest BCUT2D eigenvalue weighted by Gasteiger charge is 2.23. The third-order valence-corrected chi connectivity index (χ3v) is 2.70. The molecule has 5 heteroatoms. The topological polar surface area (TPSA) is 69.6 Å². The van der Waals surface area contributed by atoms with E-state index in [1.54, 1.807) is 0 Å². The molecule has 1 fully saturated rings. The number of imide groups is 1. The Morgan fingerprint density at radius 1 is 1.24 bits per heavy atom. The number of anilines is 1. The summed E-state index contributed by atoms with van der Waals surface area (Å²) < 4.78 is 0. The maximum absolute atomic E-state index is 11.6. The predicted molar refractivity (Wildman–Crippen MR) is 62.7 cm³/mol. The highest BCUT2D eigenvalue weighted by molar-refractivity contribution is 6.05. The number of benzene rings is 1. The molecule has 0 aromatic heterocycles. The Labute approximate surface area is 99.0 Å². The summed E-state index contributed by atoms with van der Waals surface area (Å²) in [4.78, 5) is 24.1. The number of amides is 3. The number of carbonyl (C=O) groups is 2. The van der Waals surface area contributed by atoms with Gasteiger partial charge in [-0.25, -0.2) is 4.79 Å². The number of nitrogens with zero attached hydrogens (tertiary/aromatic N) is 1. The lowest BCUT2D eigenvalue weighted by Crippen LogP contribution is -2.49. The van der Waals surface area contributed by atoms with Gasteiger partial charge in [-0.3, -0.25) is 15.0 Å². The number of hydrogen-bond acceptors (Lipinski definition) is 3. The molecule has 1 aliphatic rings. The summed E-state index contributed by atoms with van der Waals surface area (Å²) in [6.07, 6.45) is 0.926. The van der Waals surface area contributed by atoms with Crippen LogP contribution in [0, 0.1) is 0 Å². The van der Waals surface area contributed by atoms with E-state index in [2.05, 4.69) is 5.32 Å². The Hall–Kier alpha value is -1.88. The van der Waals surface area contributed by atoms with Crippen molar-refractivity contribution >= 4 is 17.6 Å². The van der Waals surface area contributed by atoms with Gasteiger partial charge in [-0.1, -0.05) is 12.1 Å². The van der Waals surface area contributed by atoms with Gasteiger partial charge < -0.3 is 5.11 Å². The molecule has 90 valence electrons. The van der Waals surface area contributed by atoms with Crippen molar-refractivity contribution in [2.45, 2.75) is 12.8 Å². The Balaban J connectivity index is 2.11. The van der Waals surface area contributed by atoms with Crippen LogP contribution >= 0.6 is 0 Å². The van der Waals surface area contributed by atoms with E-state index in [1.807, 2.05) is 24.3 Å². The molecule has 5 nitrogen and oxygen atoms in total. The fourth-order valence-electron chi connectivity index (χ4n) is 1.78. The molecule has 3 amide bonds. The number of rotatable bonds is 3. The van der Waals surface area contributed by atoms with Crippen LogP contribution in [0.1, 0.15) is 12.0 Å². The van der Waals surface area contributed by atoms with Crippen LogP contribution in [0.2, 0.25) is 0 Å². The molecule has 0 saturated carbocycles. The molecule has 2 N–H and O–H groups in total. The molecule has 0 atom stereocenters. The fraction of sp³-hybridized carbons (Fsp3) is 0.333. The average Bonchev–Trinajstić information content (AvgIpc) is 2.31. The van der Waals surface area contributed by atoms with Gasteiger partial charge in [0.1, 0.15) is 0 Å². The molecule has 1 aliphatic heterocycles. The molecule has 1 aromatic rings. The van der Waals surface area contributed by atoms with Crippen LogP contribution in [-0.4, -0.2) is 30.2 Å². The standard InChI is InChI=1S/C12H14N2O3/c15-8-6-9-1-3-10(4-2-9)14-7-5-11(16)13-12(14)17/h1-4,15H,5-8H2,(H,13,16,17). The van der Waals surface area contributed by atoms with Gasteiger partial charge in [-0.15, -0.1) is 0 Å². The SMILES string of the molecule is O=C1CCN(c2ccc(CCO)cc2)C(=O)N1. The van der Waals surface area contributed by atoms with Crippen molar-refractivity contribution in [2.75, 3.05) is 18.1 Å². The summed E-state index contributed by atoms with van der Waals surface area (Å²) in [5, 5.41) is 11.1. The van der Waals surface area contributed by atoms with Crippen LogP contribution in [0.25, 0.3) is 0 Å². The van der Waals surface area contributed by atoms with Crippen molar-refractivity contribution in [3.05, 3.63) is 29.8 Å². The molecule has 1 aromatic carbocycles. The number of aliphatic hydroxyl groups is 1. The van der Waals surface area contributed by atoms with Gasteiger partial charge in [0.15, 0.2) is 0 Å². The summed E-state index contributed by atoms with van der Waals surface area (Å²) in [6.45, 7) is 0.516. The zero-order valence-electron chi connectivity index (χ0n) is 9.35. The molecule has 0 spiro atoms. The molecule has 0 radical (unpaired) electrons. The summed E-state index contributed by atoms with van der Waals surface area (Å²) in [5.41, 5.74) is 1.78. The highest BCUT2D eigenvalue weighted by Crippen LogP contribution is 2.17. The van der Waals surface area contributed by atoms with Crippen LogP contribution in [0.15, 0.2) is 24.3 Å². The van der Waals surface area contributed by atoms with Crippen LogP contribution in [0.5, 0.6) is 0 Å². The van der Waals surface area contributed by atoms with Crippen molar-refractivity contribution in [1.82, 2.24) is 5.32 Å². The van der Waals surface area contributed by atoms with Crippen molar-refractivity contribution in [3.63, 3.8) is 0 Å². The van der Waals surface area contributed by atoms with Crippen LogP contribution in [0.3, 0.4) is 0 Å². The minimum Gasteiger partial charge on any atom is -0.396 e. The van der Waals surface area contributed by atoms with Gasteiger partial charge >= 0.3 is 6.03 Å². The van der Waals surface area contributed by atoms with Gasteiger partial charge in [-0.2, -0.15) is 0 Å². The summed E-state index contributed by atoms with van der Waals surface area (Å²) >= 11 is 0. The largest absolute Gasteiger partial charge is 0.396 e. The van der Waals surface area contributed by atoms with Crippen LogP contribution in [-0.2, 0) is 11.2 Å². The number of aliphatic hydroxyl groups excluding tert-OH is 1. The van der Waals surface area contributed by atoms with E-state index in [9.17, 15) is 9.59 Å². The quantitative estimate of drug-likeness (QED) is 0.807. The number of carbonyl (C=O) groups excluding carboxylic acids is 2. The second kappa shape index (κ2) is 4.97. The Bertz CT molecular complexity index is 428. The molecule has 0 bridgehead atoms. The minimum absolute atomic E-state index is 0.109. The Morgan fingerprint density at radius 2 is 1.94 bits per heavy atom.